The van der Waals surface area contributed by atoms with E-state index in [0.717, 1.165) is 31.4 Å². The molecule has 3 aliphatic rings. The molecule has 1 aliphatic carbocycles. The molecule has 0 aromatic carbocycles. The minimum Gasteiger partial charge on any atom is -0.357 e. The summed E-state index contributed by atoms with van der Waals surface area (Å²) < 4.78 is 0. The fraction of sp³-hybridized carbons (Fsp3) is 0.783. The molecule has 156 valence electrons. The second kappa shape index (κ2) is 9.93. The average Bonchev–Trinajstić information content (AvgIpc) is 3.46. The average molecular weight is 387 g/mol. The van der Waals surface area contributed by atoms with Crippen molar-refractivity contribution in [2.45, 2.75) is 63.8 Å². The first-order valence-electron chi connectivity index (χ1n) is 11.7. The molecule has 5 heteroatoms. The summed E-state index contributed by atoms with van der Waals surface area (Å²) in [7, 11) is 0. The predicted molar refractivity (Wildman–Crippen MR) is 114 cm³/mol. The van der Waals surface area contributed by atoms with Gasteiger partial charge in [-0.1, -0.05) is 19.3 Å². The fourth-order valence-corrected chi connectivity index (χ4v) is 5.51. The first-order valence-corrected chi connectivity index (χ1v) is 11.7. The number of carbonyl (C=O) groups is 1. The van der Waals surface area contributed by atoms with Crippen molar-refractivity contribution >= 4 is 5.91 Å². The number of carbonyl (C=O) groups excluding carboxylic acids is 1. The molecule has 4 rings (SSSR count). The van der Waals surface area contributed by atoms with Crippen LogP contribution in [0.15, 0.2) is 18.3 Å². The zero-order valence-corrected chi connectivity index (χ0v) is 17.5. The molecule has 28 heavy (non-hydrogen) atoms. The van der Waals surface area contributed by atoms with Gasteiger partial charge < -0.3 is 19.7 Å². The van der Waals surface area contributed by atoms with Gasteiger partial charge in [0.15, 0.2) is 0 Å². The van der Waals surface area contributed by atoms with Gasteiger partial charge in [0.05, 0.1) is 0 Å². The summed E-state index contributed by atoms with van der Waals surface area (Å²) in [6, 6.07) is 4.66. The second-order valence-corrected chi connectivity index (χ2v) is 9.18. The number of hydrogen-bond donors (Lipinski definition) is 1. The number of rotatable bonds is 7. The highest BCUT2D eigenvalue weighted by molar-refractivity contribution is 5.92. The number of piperidine rings is 2. The van der Waals surface area contributed by atoms with Crippen LogP contribution in [0.3, 0.4) is 0 Å². The number of H-pyrrole nitrogens is 1. The highest BCUT2D eigenvalue weighted by Gasteiger charge is 2.30. The lowest BCUT2D eigenvalue weighted by Crippen LogP contribution is -2.47. The Morgan fingerprint density at radius 2 is 1.86 bits per heavy atom. The molecule has 1 N–H and O–H groups in total. The Hall–Kier alpha value is -1.33. The first kappa shape index (κ1) is 20.0. The van der Waals surface area contributed by atoms with E-state index in [1.165, 1.54) is 84.0 Å². The number of amides is 1. The number of nitrogens with zero attached hydrogens (tertiary/aromatic N) is 3. The third kappa shape index (κ3) is 5.18. The molecule has 0 spiro atoms. The van der Waals surface area contributed by atoms with E-state index in [4.69, 9.17) is 0 Å². The van der Waals surface area contributed by atoms with Crippen LogP contribution < -0.4 is 0 Å². The molecular formula is C23H38N4O. The predicted octanol–water partition coefficient (Wildman–Crippen LogP) is 3.60. The number of likely N-dealkylation sites (tertiary alicyclic amines) is 2. The van der Waals surface area contributed by atoms with Gasteiger partial charge >= 0.3 is 0 Å². The quantitative estimate of drug-likeness (QED) is 0.779. The SMILES string of the molecule is O=C(c1ccc[nH]1)N(CCN1CCCCC1)C[C@@H]1CCCN(C2CCCC2)C1. The molecule has 2 saturated heterocycles. The largest absolute Gasteiger partial charge is 0.357 e. The Morgan fingerprint density at radius 3 is 2.61 bits per heavy atom. The van der Waals surface area contributed by atoms with Crippen molar-refractivity contribution in [3.63, 3.8) is 0 Å². The van der Waals surface area contributed by atoms with Crippen molar-refractivity contribution in [3.8, 4) is 0 Å². The minimum absolute atomic E-state index is 0.181. The van der Waals surface area contributed by atoms with Crippen LogP contribution in [0.1, 0.15) is 68.3 Å². The van der Waals surface area contributed by atoms with E-state index in [2.05, 4.69) is 19.7 Å². The molecule has 1 saturated carbocycles. The van der Waals surface area contributed by atoms with Crippen LogP contribution in [-0.4, -0.2) is 77.4 Å². The maximum Gasteiger partial charge on any atom is 0.270 e. The van der Waals surface area contributed by atoms with Gasteiger partial charge in [-0.3, -0.25) is 4.79 Å². The molecule has 1 atom stereocenters. The Morgan fingerprint density at radius 1 is 1.04 bits per heavy atom. The first-order chi connectivity index (χ1) is 13.8. The van der Waals surface area contributed by atoms with E-state index >= 15 is 0 Å². The van der Waals surface area contributed by atoms with E-state index in [0.29, 0.717) is 5.92 Å². The normalized spacial score (nSPS) is 25.2. The van der Waals surface area contributed by atoms with Crippen LogP contribution >= 0.6 is 0 Å². The van der Waals surface area contributed by atoms with Crippen molar-refractivity contribution < 1.29 is 4.79 Å². The molecule has 3 heterocycles. The van der Waals surface area contributed by atoms with Crippen molar-refractivity contribution in [1.82, 2.24) is 19.7 Å². The van der Waals surface area contributed by atoms with Gasteiger partial charge in [0, 0.05) is 38.4 Å². The highest BCUT2D eigenvalue weighted by Crippen LogP contribution is 2.28. The Kier molecular flexibility index (Phi) is 7.08. The van der Waals surface area contributed by atoms with Gasteiger partial charge in [-0.2, -0.15) is 0 Å². The molecular weight excluding hydrogens is 348 g/mol. The van der Waals surface area contributed by atoms with Crippen LogP contribution in [-0.2, 0) is 0 Å². The van der Waals surface area contributed by atoms with Crippen LogP contribution in [0.25, 0.3) is 0 Å². The Balaban J connectivity index is 1.36. The third-order valence-corrected chi connectivity index (χ3v) is 7.12. The second-order valence-electron chi connectivity index (χ2n) is 9.18. The Labute approximate surface area is 170 Å². The van der Waals surface area contributed by atoms with E-state index in [1.807, 2.05) is 18.3 Å². The minimum atomic E-state index is 0.181. The van der Waals surface area contributed by atoms with Crippen LogP contribution in [0.2, 0.25) is 0 Å². The van der Waals surface area contributed by atoms with Gasteiger partial charge in [-0.25, -0.2) is 0 Å². The van der Waals surface area contributed by atoms with Crippen molar-refractivity contribution in [1.29, 1.82) is 0 Å². The summed E-state index contributed by atoms with van der Waals surface area (Å²) in [5.41, 5.74) is 0.738. The smallest absolute Gasteiger partial charge is 0.270 e. The number of hydrogen-bond acceptors (Lipinski definition) is 3. The standard InChI is InChI=1S/C23H38N4O/c28-23(22-11-6-12-24-22)27(17-16-25-13-4-1-5-14-25)19-20-8-7-15-26(18-20)21-9-2-3-10-21/h6,11-12,20-21,24H,1-5,7-10,13-19H2/t20-/m1/s1. The van der Waals surface area contributed by atoms with Gasteiger partial charge in [0.2, 0.25) is 0 Å². The van der Waals surface area contributed by atoms with E-state index in [1.54, 1.807) is 0 Å². The van der Waals surface area contributed by atoms with E-state index < -0.39 is 0 Å². The van der Waals surface area contributed by atoms with Gasteiger partial charge in [0.1, 0.15) is 5.69 Å². The number of nitrogens with one attached hydrogen (secondary N) is 1. The van der Waals surface area contributed by atoms with Crippen LogP contribution in [0, 0.1) is 5.92 Å². The van der Waals surface area contributed by atoms with E-state index in [-0.39, 0.29) is 5.91 Å². The molecule has 0 unspecified atom stereocenters. The molecule has 5 nitrogen and oxygen atoms in total. The van der Waals surface area contributed by atoms with Crippen LogP contribution in [0.5, 0.6) is 0 Å². The maximum absolute atomic E-state index is 13.2. The lowest BCUT2D eigenvalue weighted by molar-refractivity contribution is 0.0605. The summed E-state index contributed by atoms with van der Waals surface area (Å²) in [6.45, 7) is 7.63. The van der Waals surface area contributed by atoms with Crippen molar-refractivity contribution in [2.24, 2.45) is 5.92 Å². The van der Waals surface area contributed by atoms with Crippen LogP contribution in [0.4, 0.5) is 0 Å². The molecule has 3 fully saturated rings. The molecule has 0 radical (unpaired) electrons. The van der Waals surface area contributed by atoms with Crippen molar-refractivity contribution in [2.75, 3.05) is 45.8 Å². The topological polar surface area (TPSA) is 42.6 Å². The molecule has 1 aromatic rings. The van der Waals surface area contributed by atoms with Crippen molar-refractivity contribution in [3.05, 3.63) is 24.0 Å². The summed E-state index contributed by atoms with van der Waals surface area (Å²) >= 11 is 0. The van der Waals surface area contributed by atoms with Gasteiger partial charge in [0.25, 0.3) is 5.91 Å². The fourth-order valence-electron chi connectivity index (χ4n) is 5.51. The molecule has 2 aliphatic heterocycles. The summed E-state index contributed by atoms with van der Waals surface area (Å²) in [5, 5.41) is 0. The summed E-state index contributed by atoms with van der Waals surface area (Å²) in [5.74, 6) is 0.801. The lowest BCUT2D eigenvalue weighted by Gasteiger charge is -2.39. The zero-order chi connectivity index (χ0) is 19.2. The molecule has 1 amide bonds. The monoisotopic (exact) mass is 386 g/mol. The van der Waals surface area contributed by atoms with Gasteiger partial charge in [-0.05, 0) is 76.2 Å². The molecule has 1 aromatic heterocycles. The lowest BCUT2D eigenvalue weighted by atomic mass is 9.95. The van der Waals surface area contributed by atoms with Gasteiger partial charge in [-0.15, -0.1) is 0 Å². The van der Waals surface area contributed by atoms with E-state index in [9.17, 15) is 4.79 Å². The zero-order valence-electron chi connectivity index (χ0n) is 17.5. The summed E-state index contributed by atoms with van der Waals surface area (Å²) in [6.07, 6.45) is 14.0. The highest BCUT2D eigenvalue weighted by atomic mass is 16.2. The number of aromatic amines is 1. The number of aromatic nitrogens is 1. The third-order valence-electron chi connectivity index (χ3n) is 7.12. The Bertz CT molecular complexity index is 590. The maximum atomic E-state index is 13.2. The summed E-state index contributed by atoms with van der Waals surface area (Å²) in [4.78, 5) is 23.7. The molecule has 0 bridgehead atoms.